The Morgan fingerprint density at radius 3 is 2.80 bits per heavy atom. The highest BCUT2D eigenvalue weighted by Crippen LogP contribution is 2.43. The molecule has 2 fully saturated rings. The predicted octanol–water partition coefficient (Wildman–Crippen LogP) is 1.70. The molecular formula is C13H17ClN4O2. The number of carbonyl (C=O) groups is 1. The third-order valence-electron chi connectivity index (χ3n) is 4.36. The van der Waals surface area contributed by atoms with E-state index in [0.29, 0.717) is 19.1 Å². The maximum Gasteiger partial charge on any atom is 0.407 e. The zero-order valence-electron chi connectivity index (χ0n) is 11.3. The lowest BCUT2D eigenvalue weighted by molar-refractivity contribution is -0.111. The number of amides is 1. The van der Waals surface area contributed by atoms with Crippen molar-refractivity contribution in [2.75, 3.05) is 19.6 Å². The van der Waals surface area contributed by atoms with Gasteiger partial charge in [-0.3, -0.25) is 4.90 Å². The number of carboxylic acid groups (broad SMARTS) is 1. The number of hydrogen-bond acceptors (Lipinski definition) is 4. The highest BCUT2D eigenvalue weighted by Gasteiger charge is 2.52. The molecular weight excluding hydrogens is 280 g/mol. The third kappa shape index (κ3) is 2.33. The number of aromatic nitrogens is 2. The Labute approximate surface area is 122 Å². The van der Waals surface area contributed by atoms with Gasteiger partial charge < -0.3 is 10.0 Å². The maximum absolute atomic E-state index is 11.1. The van der Waals surface area contributed by atoms with Crippen molar-refractivity contribution in [2.45, 2.75) is 25.9 Å². The van der Waals surface area contributed by atoms with Crippen molar-refractivity contribution in [2.24, 2.45) is 5.41 Å². The van der Waals surface area contributed by atoms with Crippen LogP contribution in [0.2, 0.25) is 5.28 Å². The van der Waals surface area contributed by atoms with Crippen LogP contribution in [0.3, 0.4) is 0 Å². The summed E-state index contributed by atoms with van der Waals surface area (Å²) in [5, 5.41) is 9.35. The second-order valence-electron chi connectivity index (χ2n) is 5.93. The van der Waals surface area contributed by atoms with Crippen LogP contribution in [0, 0.1) is 5.41 Å². The lowest BCUT2D eigenvalue weighted by Crippen LogP contribution is -2.69. The number of nitrogens with zero attached hydrogens (tertiary/aromatic N) is 4. The van der Waals surface area contributed by atoms with E-state index in [9.17, 15) is 4.79 Å². The van der Waals surface area contributed by atoms with Gasteiger partial charge in [-0.25, -0.2) is 14.8 Å². The summed E-state index contributed by atoms with van der Waals surface area (Å²) in [7, 11) is 0. The fraction of sp³-hybridized carbons (Fsp3) is 0.615. The van der Waals surface area contributed by atoms with Gasteiger partial charge in [-0.15, -0.1) is 0 Å². The molecule has 2 atom stereocenters. The van der Waals surface area contributed by atoms with E-state index in [2.05, 4.69) is 21.8 Å². The largest absolute Gasteiger partial charge is 0.465 e. The van der Waals surface area contributed by atoms with Crippen molar-refractivity contribution in [3.05, 3.63) is 23.2 Å². The zero-order chi connectivity index (χ0) is 14.3. The monoisotopic (exact) mass is 296 g/mol. The summed E-state index contributed by atoms with van der Waals surface area (Å²) in [6.07, 6.45) is 3.57. The molecule has 0 saturated carbocycles. The fourth-order valence-electron chi connectivity index (χ4n) is 3.47. The summed E-state index contributed by atoms with van der Waals surface area (Å²) in [6, 6.07) is 0.439. The molecule has 0 spiro atoms. The summed E-state index contributed by atoms with van der Waals surface area (Å²) < 4.78 is 0. The van der Waals surface area contributed by atoms with Gasteiger partial charge in [-0.1, -0.05) is 6.92 Å². The SMILES string of the molecule is C[C@@]12CN(C(=O)O)CC[C@@H]1N(Cc1cnc(Cl)nc1)C2. The molecule has 3 heterocycles. The number of fused-ring (bicyclic) bond motifs is 1. The van der Waals surface area contributed by atoms with E-state index >= 15 is 0 Å². The van der Waals surface area contributed by atoms with Gasteiger partial charge in [-0.05, 0) is 18.0 Å². The second kappa shape index (κ2) is 4.86. The normalized spacial score (nSPS) is 29.7. The van der Waals surface area contributed by atoms with Crippen LogP contribution in [0.1, 0.15) is 18.9 Å². The molecule has 7 heteroatoms. The molecule has 2 saturated heterocycles. The first-order valence-electron chi connectivity index (χ1n) is 6.66. The lowest BCUT2D eigenvalue weighted by atomic mass is 9.69. The van der Waals surface area contributed by atoms with Crippen molar-refractivity contribution in [3.8, 4) is 0 Å². The standard InChI is InChI=1S/C13H17ClN4O2/c1-13-7-17(12(19)20)3-2-10(13)18(8-13)6-9-4-15-11(14)16-5-9/h4-5,10H,2-3,6-8H2,1H3,(H,19,20)/t10-,13-/m0/s1. The van der Waals surface area contributed by atoms with E-state index in [1.54, 1.807) is 12.4 Å². The Morgan fingerprint density at radius 1 is 1.50 bits per heavy atom. The van der Waals surface area contributed by atoms with Crippen LogP contribution in [0.25, 0.3) is 0 Å². The maximum atomic E-state index is 11.1. The first kappa shape index (κ1) is 13.6. The van der Waals surface area contributed by atoms with Crippen molar-refractivity contribution in [1.82, 2.24) is 19.8 Å². The quantitative estimate of drug-likeness (QED) is 0.841. The Hall–Kier alpha value is -1.40. The van der Waals surface area contributed by atoms with Crippen LogP contribution >= 0.6 is 11.6 Å². The fourth-order valence-corrected chi connectivity index (χ4v) is 3.57. The van der Waals surface area contributed by atoms with Crippen molar-refractivity contribution in [1.29, 1.82) is 0 Å². The van der Waals surface area contributed by atoms with Crippen LogP contribution in [0.4, 0.5) is 4.79 Å². The van der Waals surface area contributed by atoms with Gasteiger partial charge in [0.1, 0.15) is 0 Å². The summed E-state index contributed by atoms with van der Waals surface area (Å²) in [4.78, 5) is 22.9. The van der Waals surface area contributed by atoms with Gasteiger partial charge >= 0.3 is 6.09 Å². The number of likely N-dealkylation sites (tertiary alicyclic amines) is 2. The molecule has 20 heavy (non-hydrogen) atoms. The van der Waals surface area contributed by atoms with Crippen molar-refractivity contribution < 1.29 is 9.90 Å². The van der Waals surface area contributed by atoms with Crippen LogP contribution in [-0.4, -0.2) is 56.6 Å². The molecule has 0 unspecified atom stereocenters. The molecule has 108 valence electrons. The molecule has 0 radical (unpaired) electrons. The van der Waals surface area contributed by atoms with Crippen LogP contribution in [0.15, 0.2) is 12.4 Å². The van der Waals surface area contributed by atoms with Gasteiger partial charge in [-0.2, -0.15) is 0 Å². The van der Waals surface area contributed by atoms with Crippen LogP contribution < -0.4 is 0 Å². The van der Waals surface area contributed by atoms with E-state index in [0.717, 1.165) is 25.1 Å². The molecule has 0 aromatic carbocycles. The predicted molar refractivity (Wildman–Crippen MR) is 73.6 cm³/mol. The molecule has 2 aliphatic heterocycles. The highest BCUT2D eigenvalue weighted by molar-refractivity contribution is 6.28. The second-order valence-corrected chi connectivity index (χ2v) is 6.27. The average molecular weight is 297 g/mol. The van der Waals surface area contributed by atoms with E-state index in [4.69, 9.17) is 16.7 Å². The number of rotatable bonds is 2. The average Bonchev–Trinajstić information content (AvgIpc) is 2.38. The molecule has 1 N–H and O–H groups in total. The minimum absolute atomic E-state index is 0.0733. The Kier molecular flexibility index (Phi) is 3.30. The van der Waals surface area contributed by atoms with Crippen LogP contribution in [-0.2, 0) is 6.54 Å². The smallest absolute Gasteiger partial charge is 0.407 e. The Morgan fingerprint density at radius 2 is 2.20 bits per heavy atom. The molecule has 0 bridgehead atoms. The summed E-state index contributed by atoms with van der Waals surface area (Å²) in [5.74, 6) is 0. The highest BCUT2D eigenvalue weighted by atomic mass is 35.5. The number of piperidine rings is 1. The van der Waals surface area contributed by atoms with Crippen LogP contribution in [0.5, 0.6) is 0 Å². The zero-order valence-corrected chi connectivity index (χ0v) is 12.0. The molecule has 2 aliphatic rings. The molecule has 1 aromatic rings. The molecule has 0 aliphatic carbocycles. The van der Waals surface area contributed by atoms with Gasteiger partial charge in [0.15, 0.2) is 0 Å². The van der Waals surface area contributed by atoms with E-state index in [1.807, 2.05) is 0 Å². The molecule has 1 amide bonds. The van der Waals surface area contributed by atoms with E-state index < -0.39 is 6.09 Å². The van der Waals surface area contributed by atoms with Gasteiger partial charge in [0.05, 0.1) is 0 Å². The van der Waals surface area contributed by atoms with E-state index in [1.165, 1.54) is 4.90 Å². The Bertz CT molecular complexity index is 524. The first-order valence-corrected chi connectivity index (χ1v) is 7.04. The summed E-state index contributed by atoms with van der Waals surface area (Å²) in [6.45, 7) is 5.11. The minimum Gasteiger partial charge on any atom is -0.465 e. The van der Waals surface area contributed by atoms with Gasteiger partial charge in [0, 0.05) is 55.6 Å². The van der Waals surface area contributed by atoms with Gasteiger partial charge in [0.2, 0.25) is 5.28 Å². The summed E-state index contributed by atoms with van der Waals surface area (Å²) >= 11 is 5.68. The number of hydrogen-bond donors (Lipinski definition) is 1. The van der Waals surface area contributed by atoms with Crippen molar-refractivity contribution in [3.63, 3.8) is 0 Å². The topological polar surface area (TPSA) is 69.6 Å². The molecule has 3 rings (SSSR count). The molecule has 1 aromatic heterocycles. The van der Waals surface area contributed by atoms with Gasteiger partial charge in [0.25, 0.3) is 0 Å². The third-order valence-corrected chi connectivity index (χ3v) is 4.56. The van der Waals surface area contributed by atoms with Crippen molar-refractivity contribution >= 4 is 17.7 Å². The van der Waals surface area contributed by atoms with E-state index in [-0.39, 0.29) is 10.7 Å². The minimum atomic E-state index is -0.811. The lowest BCUT2D eigenvalue weighted by Gasteiger charge is -2.60. The first-order chi connectivity index (χ1) is 9.48. The number of halogens is 1. The summed E-state index contributed by atoms with van der Waals surface area (Å²) in [5.41, 5.74) is 1.11. The molecule has 6 nitrogen and oxygen atoms in total. The Balaban J connectivity index is 1.63.